The third-order valence-corrected chi connectivity index (χ3v) is 3.48. The molecule has 0 aliphatic carbocycles. The Labute approximate surface area is 173 Å². The Morgan fingerprint density at radius 3 is 2.57 bits per heavy atom. The van der Waals surface area contributed by atoms with Crippen molar-refractivity contribution in [3.63, 3.8) is 0 Å². The van der Waals surface area contributed by atoms with Crippen LogP contribution >= 0.6 is 0 Å². The minimum atomic E-state index is -0.582. The maximum Gasteiger partial charge on any atom is 0.410 e. The fourth-order valence-corrected chi connectivity index (χ4v) is 2.15. The second kappa shape index (κ2) is 11.3. The van der Waals surface area contributed by atoms with Crippen LogP contribution in [0.25, 0.3) is 0 Å². The fraction of sp³-hybridized carbons (Fsp3) is 0.316. The average Bonchev–Trinajstić information content (AvgIpc) is 2.68. The highest BCUT2D eigenvalue weighted by Crippen LogP contribution is 2.30. The minimum Gasteiger partial charge on any atom is -0.455 e. The number of rotatable bonds is 9. The molecule has 0 bridgehead atoms. The first-order valence-corrected chi connectivity index (χ1v) is 9.22. The number of hydrogen-bond donors (Lipinski definition) is 4. The summed E-state index contributed by atoms with van der Waals surface area (Å²) in [6.45, 7) is 3.59. The molecule has 1 heterocycles. The van der Waals surface area contributed by atoms with Gasteiger partial charge in [0.25, 0.3) is 0 Å². The molecule has 160 valence electrons. The lowest BCUT2D eigenvalue weighted by molar-refractivity contribution is -0.116. The summed E-state index contributed by atoms with van der Waals surface area (Å²) in [4.78, 5) is 27.2. The molecule has 11 heteroatoms. The molecule has 0 atom stereocenters. The topological polar surface area (TPSA) is 166 Å². The van der Waals surface area contributed by atoms with Crippen LogP contribution in [-0.2, 0) is 9.53 Å². The number of para-hydroxylation sites is 1. The lowest BCUT2D eigenvalue weighted by Gasteiger charge is -2.11. The van der Waals surface area contributed by atoms with Crippen molar-refractivity contribution < 1.29 is 19.1 Å². The van der Waals surface area contributed by atoms with Gasteiger partial charge in [0.05, 0.1) is 0 Å². The Balaban J connectivity index is 2.02. The van der Waals surface area contributed by atoms with Crippen molar-refractivity contribution in [2.45, 2.75) is 26.3 Å². The van der Waals surface area contributed by atoms with Crippen LogP contribution in [0.4, 0.5) is 27.8 Å². The number of nitrogens with two attached hydrogens (primary N) is 2. The van der Waals surface area contributed by atoms with E-state index >= 15 is 0 Å². The molecule has 0 radical (unpaired) electrons. The molecule has 2 rings (SSSR count). The first-order valence-electron chi connectivity index (χ1n) is 9.22. The van der Waals surface area contributed by atoms with E-state index < -0.39 is 6.09 Å². The van der Waals surface area contributed by atoms with Gasteiger partial charge in [-0.1, -0.05) is 12.1 Å². The van der Waals surface area contributed by atoms with Crippen LogP contribution in [0, 0.1) is 0 Å². The van der Waals surface area contributed by atoms with E-state index in [-0.39, 0.29) is 37.5 Å². The molecular weight excluding hydrogens is 390 g/mol. The van der Waals surface area contributed by atoms with Gasteiger partial charge in [-0.3, -0.25) is 4.79 Å². The summed E-state index contributed by atoms with van der Waals surface area (Å²) < 4.78 is 10.4. The van der Waals surface area contributed by atoms with E-state index in [0.717, 1.165) is 0 Å². The van der Waals surface area contributed by atoms with Gasteiger partial charge in [-0.25, -0.2) is 9.78 Å². The van der Waals surface area contributed by atoms with E-state index in [4.69, 9.17) is 20.9 Å². The van der Waals surface area contributed by atoms with Crippen LogP contribution < -0.4 is 26.8 Å². The molecule has 0 aliphatic heterocycles. The molecule has 1 aromatic carbocycles. The maximum absolute atomic E-state index is 11.6. The second-order valence-electron chi connectivity index (χ2n) is 6.35. The summed E-state index contributed by atoms with van der Waals surface area (Å²) in [6, 6.07) is 9.93. The van der Waals surface area contributed by atoms with Crippen LogP contribution in [0.15, 0.2) is 46.6 Å². The van der Waals surface area contributed by atoms with Gasteiger partial charge in [-0.2, -0.15) is 0 Å². The zero-order valence-electron chi connectivity index (χ0n) is 16.8. The number of ether oxygens (including phenoxy) is 2. The number of aromatic nitrogens is 1. The van der Waals surface area contributed by atoms with Gasteiger partial charge < -0.3 is 31.6 Å². The summed E-state index contributed by atoms with van der Waals surface area (Å²) >= 11 is 0. The monoisotopic (exact) mass is 415 g/mol. The van der Waals surface area contributed by atoms with Crippen molar-refractivity contribution in [1.82, 2.24) is 10.3 Å². The molecule has 2 amide bonds. The number of nitrogens with one attached hydrogen (secondary N) is 2. The number of nitrogens with zero attached hydrogens (tertiary/aromatic N) is 3. The molecule has 0 unspecified atom stereocenters. The number of benzene rings is 1. The molecule has 0 fully saturated rings. The van der Waals surface area contributed by atoms with E-state index in [0.29, 0.717) is 22.9 Å². The Morgan fingerprint density at radius 1 is 1.13 bits per heavy atom. The number of pyridine rings is 1. The Hall–Kier alpha value is -3.73. The second-order valence-corrected chi connectivity index (χ2v) is 6.35. The number of carbonyl (C=O) groups excluding carboxylic acids is 2. The van der Waals surface area contributed by atoms with E-state index in [1.165, 1.54) is 0 Å². The highest BCUT2D eigenvalue weighted by molar-refractivity contribution is 5.90. The summed E-state index contributed by atoms with van der Waals surface area (Å²) in [7, 11) is 0. The van der Waals surface area contributed by atoms with Crippen molar-refractivity contribution in [2.24, 2.45) is 16.0 Å². The third kappa shape index (κ3) is 7.36. The first kappa shape index (κ1) is 22.6. The predicted octanol–water partition coefficient (Wildman–Crippen LogP) is 2.84. The van der Waals surface area contributed by atoms with E-state index in [1.54, 1.807) is 36.4 Å². The van der Waals surface area contributed by atoms with Crippen LogP contribution in [0.2, 0.25) is 0 Å². The smallest absolute Gasteiger partial charge is 0.410 e. The van der Waals surface area contributed by atoms with Gasteiger partial charge >= 0.3 is 6.09 Å². The average molecular weight is 415 g/mol. The lowest BCUT2D eigenvalue weighted by atomic mass is 10.3. The van der Waals surface area contributed by atoms with Crippen LogP contribution in [-0.4, -0.2) is 36.4 Å². The van der Waals surface area contributed by atoms with Gasteiger partial charge in [0, 0.05) is 19.0 Å². The van der Waals surface area contributed by atoms with Crippen molar-refractivity contribution in [1.29, 1.82) is 0 Å². The van der Waals surface area contributed by atoms with Gasteiger partial charge in [0.15, 0.2) is 11.6 Å². The molecular formula is C19H25N7O4. The molecule has 6 N–H and O–H groups in total. The number of carbonyl (C=O) groups is 2. The number of azo groups is 1. The quantitative estimate of drug-likeness (QED) is 0.361. The number of hydrogen-bond acceptors (Lipinski definition) is 9. The van der Waals surface area contributed by atoms with E-state index in [2.05, 4.69) is 25.8 Å². The Kier molecular flexibility index (Phi) is 8.51. The summed E-state index contributed by atoms with van der Waals surface area (Å²) in [6.07, 6.45) is -0.399. The zero-order valence-corrected chi connectivity index (χ0v) is 16.8. The SMILES string of the molecule is CC(C)NC(=O)OCOc1ccccc1N=Nc1ccc(NC(=O)CCN)nc1N. The largest absolute Gasteiger partial charge is 0.455 e. The zero-order chi connectivity index (χ0) is 21.9. The number of anilines is 2. The van der Waals surface area contributed by atoms with Crippen molar-refractivity contribution >= 4 is 35.0 Å². The number of amides is 2. The van der Waals surface area contributed by atoms with Crippen molar-refractivity contribution in [2.75, 3.05) is 24.4 Å². The van der Waals surface area contributed by atoms with Crippen LogP contribution in [0.5, 0.6) is 5.75 Å². The Morgan fingerprint density at radius 2 is 1.87 bits per heavy atom. The third-order valence-electron chi connectivity index (χ3n) is 3.48. The predicted molar refractivity (Wildman–Crippen MR) is 112 cm³/mol. The molecule has 0 aliphatic rings. The molecule has 0 saturated heterocycles. The number of nitrogen functional groups attached to an aromatic ring is 1. The molecule has 0 saturated carbocycles. The summed E-state index contributed by atoms with van der Waals surface area (Å²) in [5, 5.41) is 13.4. The molecule has 11 nitrogen and oxygen atoms in total. The van der Waals surface area contributed by atoms with Gasteiger partial charge in [0.1, 0.15) is 17.2 Å². The lowest BCUT2D eigenvalue weighted by Crippen LogP contribution is -2.31. The summed E-state index contributed by atoms with van der Waals surface area (Å²) in [5.74, 6) is 0.506. The standard InChI is InChI=1S/C19H25N7O4/c1-12(2)22-19(28)30-11-29-15-6-4-3-5-13(15)25-26-14-7-8-16(24-18(14)21)23-17(27)9-10-20/h3-8,12H,9-11,20H2,1-2H3,(H,22,28)(H3,21,23,24,27). The van der Waals surface area contributed by atoms with Crippen LogP contribution in [0.1, 0.15) is 20.3 Å². The molecule has 1 aromatic heterocycles. The minimum absolute atomic E-state index is 0.0435. The van der Waals surface area contributed by atoms with Crippen LogP contribution in [0.3, 0.4) is 0 Å². The first-order chi connectivity index (χ1) is 14.4. The Bertz CT molecular complexity index is 902. The fourth-order valence-electron chi connectivity index (χ4n) is 2.15. The van der Waals surface area contributed by atoms with E-state index in [1.807, 2.05) is 13.8 Å². The highest BCUT2D eigenvalue weighted by Gasteiger charge is 2.08. The van der Waals surface area contributed by atoms with Gasteiger partial charge in [-0.15, -0.1) is 10.2 Å². The molecule has 0 spiro atoms. The number of alkyl carbamates (subject to hydrolysis) is 1. The molecule has 30 heavy (non-hydrogen) atoms. The van der Waals surface area contributed by atoms with Crippen molar-refractivity contribution in [3.05, 3.63) is 36.4 Å². The van der Waals surface area contributed by atoms with E-state index in [9.17, 15) is 9.59 Å². The van der Waals surface area contributed by atoms with Gasteiger partial charge in [-0.05, 0) is 38.1 Å². The normalized spacial score (nSPS) is 10.8. The maximum atomic E-state index is 11.6. The molecule has 2 aromatic rings. The van der Waals surface area contributed by atoms with Crippen molar-refractivity contribution in [3.8, 4) is 5.75 Å². The summed E-state index contributed by atoms with van der Waals surface area (Å²) in [5.41, 5.74) is 11.9. The van der Waals surface area contributed by atoms with Gasteiger partial charge in [0.2, 0.25) is 12.7 Å². The highest BCUT2D eigenvalue weighted by atomic mass is 16.7.